The zero-order valence-corrected chi connectivity index (χ0v) is 22.4. The topological polar surface area (TPSA) is 60.7 Å². The van der Waals surface area contributed by atoms with Gasteiger partial charge in [0, 0.05) is 12.8 Å². The predicted octanol–water partition coefficient (Wildman–Crippen LogP) is 6.93. The lowest BCUT2D eigenvalue weighted by molar-refractivity contribution is 0.0229. The molecule has 0 bridgehead atoms. The summed E-state index contributed by atoms with van der Waals surface area (Å²) >= 11 is 1.53. The Morgan fingerprint density at radius 1 is 1.18 bits per heavy atom. The molecule has 3 aliphatic rings. The number of aliphatic hydroxyl groups is 3. The van der Waals surface area contributed by atoms with Gasteiger partial charge in [0.05, 0.1) is 11.7 Å². The molecular formula is C29H48O3S. The highest BCUT2D eigenvalue weighted by Crippen LogP contribution is 2.58. The average Bonchev–Trinajstić information content (AvgIpc) is 3.14. The summed E-state index contributed by atoms with van der Waals surface area (Å²) in [5.74, 6) is 2.30. The molecule has 0 heterocycles. The molecule has 0 aromatic heterocycles. The molecule has 33 heavy (non-hydrogen) atoms. The highest BCUT2D eigenvalue weighted by molar-refractivity contribution is 8.00. The van der Waals surface area contributed by atoms with Crippen LogP contribution >= 0.6 is 11.8 Å². The monoisotopic (exact) mass is 476 g/mol. The molecule has 3 N–H and O–H groups in total. The van der Waals surface area contributed by atoms with E-state index in [1.807, 2.05) is 13.8 Å². The SMILES string of the molecule is C=C1C(=CC=C2CCC[C@]3(C)[C@@H](CC)CC[C@@H]23)C[C@](O)(SCCCC(O)(CC)CC)C[C@@H]1O. The number of thioether (sulfide) groups is 1. The standard InChI is InChI=1S/C29H48O3S/c1-6-24-14-15-25-22(11-9-16-27(24,25)5)12-13-23-19-29(32,20-26(30)21(23)4)33-18-10-17-28(31,7-2)8-3/h12-13,24-26,30-32H,4,6-11,14-20H2,1-3,5H3/t24-,25-,26-,27+,29-/m0/s1. The van der Waals surface area contributed by atoms with Gasteiger partial charge in [-0.3, -0.25) is 0 Å². The Morgan fingerprint density at radius 3 is 2.58 bits per heavy atom. The minimum absolute atomic E-state index is 0.328. The van der Waals surface area contributed by atoms with Gasteiger partial charge in [0.25, 0.3) is 0 Å². The Morgan fingerprint density at radius 2 is 1.91 bits per heavy atom. The fraction of sp³-hybridized carbons (Fsp3) is 0.793. The van der Waals surface area contributed by atoms with Crippen molar-refractivity contribution in [2.75, 3.05) is 5.75 Å². The van der Waals surface area contributed by atoms with E-state index in [1.165, 1.54) is 50.3 Å². The van der Waals surface area contributed by atoms with Crippen LogP contribution < -0.4 is 0 Å². The van der Waals surface area contributed by atoms with Gasteiger partial charge in [-0.15, -0.1) is 11.8 Å². The van der Waals surface area contributed by atoms with Gasteiger partial charge in [-0.2, -0.15) is 0 Å². The summed E-state index contributed by atoms with van der Waals surface area (Å²) in [5.41, 5.74) is 3.17. The van der Waals surface area contributed by atoms with E-state index in [9.17, 15) is 15.3 Å². The van der Waals surface area contributed by atoms with Crippen molar-refractivity contribution in [2.45, 2.75) is 121 Å². The minimum Gasteiger partial charge on any atom is -0.390 e. The lowest BCUT2D eigenvalue weighted by Gasteiger charge is -2.42. The third-order valence-corrected chi connectivity index (χ3v) is 10.8. The van der Waals surface area contributed by atoms with Crippen molar-refractivity contribution in [1.82, 2.24) is 0 Å². The Labute approximate surface area is 206 Å². The van der Waals surface area contributed by atoms with E-state index in [-0.39, 0.29) is 0 Å². The highest BCUT2D eigenvalue weighted by Gasteiger charge is 2.48. The Bertz CT molecular complexity index is 752. The van der Waals surface area contributed by atoms with Crippen LogP contribution in [0.4, 0.5) is 0 Å². The first kappa shape index (κ1) is 27.0. The van der Waals surface area contributed by atoms with Gasteiger partial charge in [0.2, 0.25) is 0 Å². The van der Waals surface area contributed by atoms with Gasteiger partial charge >= 0.3 is 0 Å². The Balaban J connectivity index is 1.67. The number of hydrogen-bond acceptors (Lipinski definition) is 4. The number of fused-ring (bicyclic) bond motifs is 1. The van der Waals surface area contributed by atoms with E-state index in [4.69, 9.17) is 0 Å². The van der Waals surface area contributed by atoms with Crippen molar-refractivity contribution in [1.29, 1.82) is 0 Å². The quantitative estimate of drug-likeness (QED) is 0.249. The van der Waals surface area contributed by atoms with Crippen molar-refractivity contribution in [2.24, 2.45) is 17.3 Å². The third-order valence-electron chi connectivity index (χ3n) is 9.42. The molecule has 188 valence electrons. The molecule has 0 spiro atoms. The molecule has 3 nitrogen and oxygen atoms in total. The van der Waals surface area contributed by atoms with E-state index in [0.29, 0.717) is 24.2 Å². The summed E-state index contributed by atoms with van der Waals surface area (Å²) in [4.78, 5) is -0.969. The molecule has 0 amide bonds. The van der Waals surface area contributed by atoms with Gasteiger partial charge in [0.1, 0.15) is 4.93 Å². The van der Waals surface area contributed by atoms with Crippen LogP contribution in [0.1, 0.15) is 105 Å². The Kier molecular flexibility index (Phi) is 9.03. The maximum Gasteiger partial charge on any atom is 0.117 e. The van der Waals surface area contributed by atoms with Crippen molar-refractivity contribution >= 4 is 11.8 Å². The Hall–Kier alpha value is -0.550. The zero-order chi connectivity index (χ0) is 24.3. The summed E-state index contributed by atoms with van der Waals surface area (Å²) in [6, 6.07) is 0. The van der Waals surface area contributed by atoms with Crippen LogP contribution in [0.2, 0.25) is 0 Å². The lowest BCUT2D eigenvalue weighted by Crippen LogP contribution is -2.37. The van der Waals surface area contributed by atoms with Gasteiger partial charge in [-0.1, -0.05) is 58.4 Å². The van der Waals surface area contributed by atoms with Gasteiger partial charge in [-0.25, -0.2) is 0 Å². The van der Waals surface area contributed by atoms with Crippen LogP contribution in [0.25, 0.3) is 0 Å². The minimum atomic E-state index is -0.969. The van der Waals surface area contributed by atoms with Crippen molar-refractivity contribution in [3.63, 3.8) is 0 Å². The largest absolute Gasteiger partial charge is 0.390 e. The van der Waals surface area contributed by atoms with Crippen LogP contribution in [-0.4, -0.2) is 37.7 Å². The van der Waals surface area contributed by atoms with Crippen LogP contribution in [0.15, 0.2) is 35.5 Å². The van der Waals surface area contributed by atoms with E-state index in [1.54, 1.807) is 5.57 Å². The first-order valence-electron chi connectivity index (χ1n) is 13.4. The third kappa shape index (κ3) is 6.00. The molecule has 0 saturated heterocycles. The summed E-state index contributed by atoms with van der Waals surface area (Å²) < 4.78 is 0. The van der Waals surface area contributed by atoms with Crippen LogP contribution in [0, 0.1) is 17.3 Å². The fourth-order valence-electron chi connectivity index (χ4n) is 6.89. The molecule has 3 rings (SSSR count). The van der Waals surface area contributed by atoms with Crippen molar-refractivity contribution < 1.29 is 15.3 Å². The lowest BCUT2D eigenvalue weighted by atomic mass is 9.63. The van der Waals surface area contributed by atoms with E-state index < -0.39 is 16.6 Å². The number of hydrogen-bond donors (Lipinski definition) is 3. The van der Waals surface area contributed by atoms with Crippen LogP contribution in [-0.2, 0) is 0 Å². The number of rotatable bonds is 9. The maximum absolute atomic E-state index is 11.3. The maximum atomic E-state index is 11.3. The molecule has 3 saturated carbocycles. The van der Waals surface area contributed by atoms with Crippen LogP contribution in [0.3, 0.4) is 0 Å². The smallest absolute Gasteiger partial charge is 0.117 e. The first-order valence-corrected chi connectivity index (χ1v) is 14.4. The molecule has 5 atom stereocenters. The highest BCUT2D eigenvalue weighted by atomic mass is 32.2. The number of aliphatic hydroxyl groups excluding tert-OH is 1. The van der Waals surface area contributed by atoms with E-state index in [0.717, 1.165) is 48.5 Å². The molecule has 4 heteroatoms. The van der Waals surface area contributed by atoms with E-state index in [2.05, 4.69) is 32.6 Å². The van der Waals surface area contributed by atoms with Gasteiger partial charge in [0.15, 0.2) is 0 Å². The average molecular weight is 477 g/mol. The summed E-state index contributed by atoms with van der Waals surface area (Å²) in [6.45, 7) is 13.1. The summed E-state index contributed by atoms with van der Waals surface area (Å²) in [7, 11) is 0. The summed E-state index contributed by atoms with van der Waals surface area (Å²) in [6.07, 6.45) is 15.5. The summed E-state index contributed by atoms with van der Waals surface area (Å²) in [5, 5.41) is 32.5. The molecule has 0 aliphatic heterocycles. The normalized spacial score (nSPS) is 37.7. The van der Waals surface area contributed by atoms with Gasteiger partial charge < -0.3 is 15.3 Å². The van der Waals surface area contributed by atoms with Gasteiger partial charge in [-0.05, 0) is 91.9 Å². The second-order valence-corrected chi connectivity index (χ2v) is 12.7. The molecule has 3 aliphatic carbocycles. The molecule has 0 aromatic rings. The van der Waals surface area contributed by atoms with E-state index >= 15 is 0 Å². The number of allylic oxidation sites excluding steroid dienone is 3. The molecular weight excluding hydrogens is 428 g/mol. The molecule has 0 radical (unpaired) electrons. The second kappa shape index (κ2) is 11.0. The molecule has 0 aromatic carbocycles. The predicted molar refractivity (Wildman–Crippen MR) is 141 cm³/mol. The van der Waals surface area contributed by atoms with Crippen molar-refractivity contribution in [3.8, 4) is 0 Å². The van der Waals surface area contributed by atoms with Crippen LogP contribution in [0.5, 0.6) is 0 Å². The first-order chi connectivity index (χ1) is 15.6. The molecule has 3 fully saturated rings. The van der Waals surface area contributed by atoms with Crippen molar-refractivity contribution in [3.05, 3.63) is 35.5 Å². The second-order valence-electron chi connectivity index (χ2n) is 11.3. The fourth-order valence-corrected chi connectivity index (χ4v) is 8.09. The zero-order valence-electron chi connectivity index (χ0n) is 21.5. The molecule has 0 unspecified atom stereocenters.